The number of thiophene rings is 1. The van der Waals surface area contributed by atoms with E-state index in [1.807, 2.05) is 13.0 Å². The normalized spacial score (nSPS) is 12.8. The molecule has 0 atom stereocenters. The Hall–Kier alpha value is -2.29. The second kappa shape index (κ2) is 10.8. The molecule has 0 bridgehead atoms. The van der Waals surface area contributed by atoms with Crippen molar-refractivity contribution in [1.29, 1.82) is 0 Å². The molecule has 1 aromatic carbocycles. The summed E-state index contributed by atoms with van der Waals surface area (Å²) in [4.78, 5) is 26.7. The fourth-order valence-corrected chi connectivity index (χ4v) is 5.62. The number of aryl methyl sites for hydroxylation is 1. The number of carbonyl (C=O) groups is 2. The van der Waals surface area contributed by atoms with Crippen molar-refractivity contribution >= 4 is 55.7 Å². The SMILES string of the molecule is CCCOC(=O)c1c(NC(=O)c2ccc(COc3ccc(Br)cc3Cl)o2)sc2c1CCCC2. The van der Waals surface area contributed by atoms with Crippen LogP contribution in [0, 0.1) is 0 Å². The number of amides is 1. The lowest BCUT2D eigenvalue weighted by Crippen LogP contribution is -2.15. The van der Waals surface area contributed by atoms with Gasteiger partial charge in [-0.15, -0.1) is 11.3 Å². The van der Waals surface area contributed by atoms with Gasteiger partial charge in [-0.2, -0.15) is 0 Å². The van der Waals surface area contributed by atoms with E-state index in [0.29, 0.717) is 33.7 Å². The van der Waals surface area contributed by atoms with Crippen LogP contribution in [0.25, 0.3) is 0 Å². The minimum Gasteiger partial charge on any atom is -0.484 e. The predicted molar refractivity (Wildman–Crippen MR) is 132 cm³/mol. The number of halogens is 2. The van der Waals surface area contributed by atoms with Crippen LogP contribution in [0.3, 0.4) is 0 Å². The average Bonchev–Trinajstić information content (AvgIpc) is 3.41. The zero-order valence-corrected chi connectivity index (χ0v) is 21.2. The Bertz CT molecular complexity index is 1170. The van der Waals surface area contributed by atoms with Crippen LogP contribution in [0.2, 0.25) is 5.02 Å². The molecule has 0 aliphatic heterocycles. The molecule has 9 heteroatoms. The van der Waals surface area contributed by atoms with Gasteiger partial charge in [-0.3, -0.25) is 4.79 Å². The average molecular weight is 553 g/mol. The van der Waals surface area contributed by atoms with Gasteiger partial charge in [0.1, 0.15) is 23.1 Å². The van der Waals surface area contributed by atoms with Gasteiger partial charge in [0.25, 0.3) is 5.91 Å². The molecule has 0 unspecified atom stereocenters. The largest absolute Gasteiger partial charge is 0.484 e. The Morgan fingerprint density at radius 2 is 2.03 bits per heavy atom. The van der Waals surface area contributed by atoms with Crippen LogP contribution >= 0.6 is 38.9 Å². The van der Waals surface area contributed by atoms with Crippen LogP contribution in [0.1, 0.15) is 63.3 Å². The third-order valence-corrected chi connectivity index (χ3v) is 7.18. The summed E-state index contributed by atoms with van der Waals surface area (Å²) in [7, 11) is 0. The molecule has 1 amide bonds. The minimum absolute atomic E-state index is 0.122. The van der Waals surface area contributed by atoms with E-state index in [1.165, 1.54) is 11.3 Å². The zero-order chi connectivity index (χ0) is 23.4. The third-order valence-electron chi connectivity index (χ3n) is 5.19. The molecule has 1 N–H and O–H groups in total. The molecule has 4 rings (SSSR count). The molecular weight excluding hydrogens is 530 g/mol. The van der Waals surface area contributed by atoms with Gasteiger partial charge >= 0.3 is 5.97 Å². The van der Waals surface area contributed by atoms with E-state index in [4.69, 9.17) is 25.5 Å². The first-order chi connectivity index (χ1) is 16.0. The summed E-state index contributed by atoms with van der Waals surface area (Å²) in [5.74, 6) is 0.320. The van der Waals surface area contributed by atoms with E-state index in [0.717, 1.165) is 47.0 Å². The number of furan rings is 1. The standard InChI is InChI=1S/C24H23BrClNO5S/c1-2-11-30-24(29)21-16-5-3-4-6-20(16)33-23(21)27-22(28)19-10-8-15(32-19)13-31-18-9-7-14(25)12-17(18)26/h7-10,12H,2-6,11,13H2,1H3,(H,27,28). The molecule has 0 fully saturated rings. The Morgan fingerprint density at radius 3 is 2.82 bits per heavy atom. The first-order valence-electron chi connectivity index (χ1n) is 10.8. The van der Waals surface area contributed by atoms with E-state index in [2.05, 4.69) is 21.2 Å². The number of benzene rings is 1. The Morgan fingerprint density at radius 1 is 1.21 bits per heavy atom. The van der Waals surface area contributed by atoms with Gasteiger partial charge < -0.3 is 19.2 Å². The van der Waals surface area contributed by atoms with Gasteiger partial charge in [0.2, 0.25) is 0 Å². The monoisotopic (exact) mass is 551 g/mol. The van der Waals surface area contributed by atoms with Crippen LogP contribution in [-0.4, -0.2) is 18.5 Å². The van der Waals surface area contributed by atoms with Crippen molar-refractivity contribution in [2.75, 3.05) is 11.9 Å². The molecule has 6 nitrogen and oxygen atoms in total. The molecular formula is C24H23BrClNO5S. The molecule has 1 aliphatic rings. The van der Waals surface area contributed by atoms with Crippen molar-refractivity contribution in [3.8, 4) is 5.75 Å². The highest BCUT2D eigenvalue weighted by atomic mass is 79.9. The quantitative estimate of drug-likeness (QED) is 0.303. The first-order valence-corrected chi connectivity index (χ1v) is 12.7. The van der Waals surface area contributed by atoms with Gasteiger partial charge in [-0.25, -0.2) is 4.79 Å². The molecule has 2 heterocycles. The number of ether oxygens (including phenoxy) is 2. The van der Waals surface area contributed by atoms with Crippen molar-refractivity contribution in [2.45, 2.75) is 45.6 Å². The van der Waals surface area contributed by atoms with E-state index < -0.39 is 5.91 Å². The second-order valence-corrected chi connectivity index (χ2v) is 10.1. The Kier molecular flexibility index (Phi) is 7.78. The number of anilines is 1. The van der Waals surface area contributed by atoms with Crippen LogP contribution in [-0.2, 0) is 24.2 Å². The van der Waals surface area contributed by atoms with Crippen molar-refractivity contribution in [1.82, 2.24) is 0 Å². The lowest BCUT2D eigenvalue weighted by atomic mass is 9.95. The van der Waals surface area contributed by atoms with E-state index in [-0.39, 0.29) is 18.3 Å². The lowest BCUT2D eigenvalue weighted by molar-refractivity contribution is 0.0505. The number of esters is 1. The first kappa shape index (κ1) is 23.9. The van der Waals surface area contributed by atoms with Gasteiger partial charge in [-0.05, 0) is 68.0 Å². The third kappa shape index (κ3) is 5.62. The lowest BCUT2D eigenvalue weighted by Gasteiger charge is -2.12. The highest BCUT2D eigenvalue weighted by Gasteiger charge is 2.28. The van der Waals surface area contributed by atoms with Crippen LogP contribution in [0.15, 0.2) is 39.2 Å². The maximum atomic E-state index is 12.9. The Labute approximate surface area is 209 Å². The number of hydrogen-bond acceptors (Lipinski definition) is 6. The molecule has 3 aromatic rings. The molecule has 174 valence electrons. The summed E-state index contributed by atoms with van der Waals surface area (Å²) < 4.78 is 17.6. The predicted octanol–water partition coefficient (Wildman–Crippen LogP) is 7.03. The van der Waals surface area contributed by atoms with Crippen LogP contribution in [0.4, 0.5) is 5.00 Å². The van der Waals surface area contributed by atoms with Crippen LogP contribution in [0.5, 0.6) is 5.75 Å². The Balaban J connectivity index is 1.47. The van der Waals surface area contributed by atoms with Gasteiger partial charge in [0.05, 0.1) is 17.2 Å². The highest BCUT2D eigenvalue weighted by molar-refractivity contribution is 9.10. The summed E-state index contributed by atoms with van der Waals surface area (Å²) in [5, 5.41) is 3.85. The van der Waals surface area contributed by atoms with Crippen molar-refractivity contribution in [3.05, 3.63) is 67.4 Å². The van der Waals surface area contributed by atoms with E-state index >= 15 is 0 Å². The smallest absolute Gasteiger partial charge is 0.341 e. The molecule has 2 aromatic heterocycles. The summed E-state index contributed by atoms with van der Waals surface area (Å²) in [6.45, 7) is 2.42. The van der Waals surface area contributed by atoms with Crippen molar-refractivity contribution in [2.24, 2.45) is 0 Å². The molecule has 33 heavy (non-hydrogen) atoms. The fourth-order valence-electron chi connectivity index (χ4n) is 3.62. The topological polar surface area (TPSA) is 77.8 Å². The summed E-state index contributed by atoms with van der Waals surface area (Å²) >= 11 is 11.0. The molecule has 1 aliphatic carbocycles. The van der Waals surface area contributed by atoms with E-state index in [9.17, 15) is 9.59 Å². The number of fused-ring (bicyclic) bond motifs is 1. The number of carbonyl (C=O) groups excluding carboxylic acids is 2. The van der Waals surface area contributed by atoms with Gasteiger partial charge in [0, 0.05) is 9.35 Å². The summed E-state index contributed by atoms with van der Waals surface area (Å²) in [5.41, 5.74) is 1.49. The zero-order valence-electron chi connectivity index (χ0n) is 18.0. The number of rotatable bonds is 8. The molecule has 0 saturated heterocycles. The van der Waals surface area contributed by atoms with Gasteiger partial charge in [-0.1, -0.05) is 34.5 Å². The van der Waals surface area contributed by atoms with Gasteiger partial charge in [0.15, 0.2) is 5.76 Å². The maximum Gasteiger partial charge on any atom is 0.341 e. The fraction of sp³-hybridized carbons (Fsp3) is 0.333. The molecule has 0 spiro atoms. The van der Waals surface area contributed by atoms with Crippen molar-refractivity contribution < 1.29 is 23.5 Å². The van der Waals surface area contributed by atoms with Crippen molar-refractivity contribution in [3.63, 3.8) is 0 Å². The number of hydrogen-bond donors (Lipinski definition) is 1. The molecule has 0 radical (unpaired) electrons. The summed E-state index contributed by atoms with van der Waals surface area (Å²) in [6.07, 6.45) is 4.57. The number of nitrogens with one attached hydrogen (secondary N) is 1. The molecule has 0 saturated carbocycles. The van der Waals surface area contributed by atoms with E-state index in [1.54, 1.807) is 24.3 Å². The maximum absolute atomic E-state index is 12.9. The highest BCUT2D eigenvalue weighted by Crippen LogP contribution is 2.39. The summed E-state index contributed by atoms with van der Waals surface area (Å²) in [6, 6.07) is 8.58. The van der Waals surface area contributed by atoms with Crippen LogP contribution < -0.4 is 10.1 Å². The second-order valence-electron chi connectivity index (χ2n) is 7.63. The minimum atomic E-state index is -0.425.